The van der Waals surface area contributed by atoms with Gasteiger partial charge < -0.3 is 14.8 Å². The lowest BCUT2D eigenvalue weighted by atomic mass is 10.1. The van der Waals surface area contributed by atoms with Crippen LogP contribution < -0.4 is 5.32 Å². The lowest BCUT2D eigenvalue weighted by Crippen LogP contribution is -2.31. The first kappa shape index (κ1) is 19.4. The monoisotopic (exact) mass is 388 g/mol. The van der Waals surface area contributed by atoms with E-state index in [4.69, 9.17) is 11.6 Å². The number of anilines is 1. The fraction of sp³-hybridized carbons (Fsp3) is 0.450. The Kier molecular flexibility index (Phi) is 6.16. The maximum absolute atomic E-state index is 12.9. The number of unbranched alkanes of at least 4 members (excludes halogenated alkanes) is 1. The summed E-state index contributed by atoms with van der Waals surface area (Å²) in [4.78, 5) is 31.8. The van der Waals surface area contributed by atoms with Crippen LogP contribution in [0.3, 0.4) is 0 Å². The van der Waals surface area contributed by atoms with Crippen LogP contribution in [0.2, 0.25) is 5.02 Å². The average Bonchev–Trinajstić information content (AvgIpc) is 3.07. The van der Waals surface area contributed by atoms with Crippen molar-refractivity contribution in [3.63, 3.8) is 0 Å². The zero-order valence-electron chi connectivity index (χ0n) is 15.8. The van der Waals surface area contributed by atoms with E-state index in [0.29, 0.717) is 28.8 Å². The molecule has 1 aliphatic heterocycles. The topological polar surface area (TPSA) is 67.2 Å². The summed E-state index contributed by atoms with van der Waals surface area (Å²) in [5.74, 6) is -0.0556. The molecule has 1 aliphatic rings. The van der Waals surface area contributed by atoms with Crippen LogP contribution >= 0.6 is 11.6 Å². The van der Waals surface area contributed by atoms with Crippen molar-refractivity contribution >= 4 is 29.1 Å². The van der Waals surface area contributed by atoms with E-state index in [0.717, 1.165) is 44.3 Å². The molecule has 2 heterocycles. The third-order valence-corrected chi connectivity index (χ3v) is 5.07. The number of carbonyl (C=O) groups is 2. The number of hydrogen-bond donors (Lipinski definition) is 1. The van der Waals surface area contributed by atoms with Gasteiger partial charge in [0.05, 0.1) is 5.69 Å². The van der Waals surface area contributed by atoms with Gasteiger partial charge in [-0.15, -0.1) is 0 Å². The van der Waals surface area contributed by atoms with Gasteiger partial charge in [-0.1, -0.05) is 24.9 Å². The number of halogens is 1. The fourth-order valence-corrected chi connectivity index (χ4v) is 3.41. The second-order valence-corrected chi connectivity index (χ2v) is 7.32. The Labute approximate surface area is 164 Å². The molecule has 1 aromatic heterocycles. The second-order valence-electron chi connectivity index (χ2n) is 6.88. The molecule has 0 saturated carbocycles. The third-order valence-electron chi connectivity index (χ3n) is 4.82. The number of benzene rings is 1. The van der Waals surface area contributed by atoms with E-state index in [1.165, 1.54) is 0 Å². The summed E-state index contributed by atoms with van der Waals surface area (Å²) in [5, 5.41) is 3.46. The molecule has 7 heteroatoms. The van der Waals surface area contributed by atoms with Crippen LogP contribution in [0.4, 0.5) is 5.69 Å². The summed E-state index contributed by atoms with van der Waals surface area (Å²) < 4.78 is 1.92. The molecule has 0 unspecified atom stereocenters. The minimum absolute atomic E-state index is 0.128. The number of carbonyl (C=O) groups excluding carboxylic acids is 2. The largest absolute Gasteiger partial charge is 0.339 e. The van der Waals surface area contributed by atoms with Crippen molar-refractivity contribution in [1.29, 1.82) is 0 Å². The molecule has 0 radical (unpaired) electrons. The number of nitrogens with one attached hydrogen (secondary N) is 1. The average molecular weight is 389 g/mol. The zero-order valence-corrected chi connectivity index (χ0v) is 16.6. The molecule has 1 aromatic carbocycles. The van der Waals surface area contributed by atoms with Gasteiger partial charge in [-0.2, -0.15) is 0 Å². The number of nitrogens with zero attached hydrogens (tertiary/aromatic N) is 3. The Hall–Kier alpha value is -2.34. The van der Waals surface area contributed by atoms with Crippen LogP contribution in [-0.2, 0) is 13.0 Å². The molecule has 0 saturated heterocycles. The SMILES string of the molecule is CCCCN(C)C(=O)c1nc(C(=O)Nc2ccc(Cl)cc2)c2n1CCCC2. The van der Waals surface area contributed by atoms with E-state index in [9.17, 15) is 9.59 Å². The molecule has 6 nitrogen and oxygen atoms in total. The molecular formula is C20H25ClN4O2. The lowest BCUT2D eigenvalue weighted by molar-refractivity contribution is 0.0775. The summed E-state index contributed by atoms with van der Waals surface area (Å²) >= 11 is 5.89. The molecular weight excluding hydrogens is 364 g/mol. The smallest absolute Gasteiger partial charge is 0.289 e. The minimum atomic E-state index is -0.293. The van der Waals surface area contributed by atoms with Gasteiger partial charge in [0.2, 0.25) is 0 Å². The molecule has 0 bridgehead atoms. The zero-order chi connectivity index (χ0) is 19.4. The van der Waals surface area contributed by atoms with Crippen molar-refractivity contribution in [3.8, 4) is 0 Å². The normalized spacial score (nSPS) is 13.1. The van der Waals surface area contributed by atoms with Gasteiger partial charge in [-0.25, -0.2) is 4.98 Å². The Balaban J connectivity index is 1.87. The maximum Gasteiger partial charge on any atom is 0.289 e. The maximum atomic E-state index is 12.9. The third kappa shape index (κ3) is 4.33. The Morgan fingerprint density at radius 1 is 1.26 bits per heavy atom. The standard InChI is InChI=1S/C20H25ClN4O2/c1-3-4-12-24(2)20(27)18-23-17(16-7-5-6-13-25(16)18)19(26)22-15-10-8-14(21)9-11-15/h8-11H,3-7,12-13H2,1-2H3,(H,22,26). The molecule has 1 N–H and O–H groups in total. The Bertz CT molecular complexity index is 829. The highest BCUT2D eigenvalue weighted by Gasteiger charge is 2.28. The highest BCUT2D eigenvalue weighted by Crippen LogP contribution is 2.23. The van der Waals surface area contributed by atoms with Crippen LogP contribution in [0.1, 0.15) is 59.4 Å². The molecule has 0 fully saturated rings. The van der Waals surface area contributed by atoms with Crippen molar-refractivity contribution in [2.75, 3.05) is 18.9 Å². The van der Waals surface area contributed by atoms with Gasteiger partial charge in [-0.3, -0.25) is 9.59 Å². The van der Waals surface area contributed by atoms with Crippen molar-refractivity contribution in [3.05, 3.63) is 46.5 Å². The van der Waals surface area contributed by atoms with E-state index in [1.807, 2.05) is 4.57 Å². The number of imidazole rings is 1. The lowest BCUT2D eigenvalue weighted by Gasteiger charge is -2.20. The van der Waals surface area contributed by atoms with Crippen LogP contribution in [0.25, 0.3) is 0 Å². The molecule has 2 amide bonds. The summed E-state index contributed by atoms with van der Waals surface area (Å²) in [5.41, 5.74) is 1.84. The van der Waals surface area contributed by atoms with Gasteiger partial charge >= 0.3 is 0 Å². The van der Waals surface area contributed by atoms with E-state index < -0.39 is 0 Å². The molecule has 0 atom stereocenters. The summed E-state index contributed by atoms with van der Waals surface area (Å²) in [6.07, 6.45) is 4.70. The van der Waals surface area contributed by atoms with Crippen molar-refractivity contribution in [1.82, 2.24) is 14.5 Å². The van der Waals surface area contributed by atoms with Crippen molar-refractivity contribution in [2.24, 2.45) is 0 Å². The van der Waals surface area contributed by atoms with Crippen LogP contribution in [0.15, 0.2) is 24.3 Å². The van der Waals surface area contributed by atoms with Gasteiger partial charge in [0, 0.05) is 30.8 Å². The number of rotatable bonds is 6. The van der Waals surface area contributed by atoms with Crippen molar-refractivity contribution < 1.29 is 9.59 Å². The predicted octanol–water partition coefficient (Wildman–Crippen LogP) is 4.00. The first-order valence-electron chi connectivity index (χ1n) is 9.43. The predicted molar refractivity (Wildman–Crippen MR) is 106 cm³/mol. The molecule has 27 heavy (non-hydrogen) atoms. The van der Waals surface area contributed by atoms with E-state index in [-0.39, 0.29) is 11.8 Å². The highest BCUT2D eigenvalue weighted by molar-refractivity contribution is 6.30. The number of hydrogen-bond acceptors (Lipinski definition) is 3. The summed E-state index contributed by atoms with van der Waals surface area (Å²) in [7, 11) is 1.79. The molecule has 0 aliphatic carbocycles. The highest BCUT2D eigenvalue weighted by atomic mass is 35.5. The van der Waals surface area contributed by atoms with Gasteiger partial charge in [-0.05, 0) is 49.9 Å². The second kappa shape index (κ2) is 8.57. The summed E-state index contributed by atoms with van der Waals surface area (Å²) in [6.45, 7) is 3.50. The van der Waals surface area contributed by atoms with E-state index in [2.05, 4.69) is 17.2 Å². The molecule has 2 aromatic rings. The number of fused-ring (bicyclic) bond motifs is 1. The number of aromatic nitrogens is 2. The van der Waals surface area contributed by atoms with Gasteiger partial charge in [0.1, 0.15) is 0 Å². The Morgan fingerprint density at radius 3 is 2.70 bits per heavy atom. The van der Waals surface area contributed by atoms with Gasteiger partial charge in [0.15, 0.2) is 11.5 Å². The first-order chi connectivity index (χ1) is 13.0. The molecule has 0 spiro atoms. The number of amides is 2. The van der Waals surface area contributed by atoms with Crippen LogP contribution in [0.5, 0.6) is 0 Å². The summed E-state index contributed by atoms with van der Waals surface area (Å²) in [6, 6.07) is 6.93. The first-order valence-corrected chi connectivity index (χ1v) is 9.80. The fourth-order valence-electron chi connectivity index (χ4n) is 3.28. The minimum Gasteiger partial charge on any atom is -0.339 e. The molecule has 3 rings (SSSR count). The quantitative estimate of drug-likeness (QED) is 0.813. The molecule has 144 valence electrons. The van der Waals surface area contributed by atoms with Crippen molar-refractivity contribution in [2.45, 2.75) is 45.6 Å². The van der Waals surface area contributed by atoms with E-state index >= 15 is 0 Å². The van der Waals surface area contributed by atoms with Gasteiger partial charge in [0.25, 0.3) is 11.8 Å². The Morgan fingerprint density at radius 2 is 2.00 bits per heavy atom. The van der Waals surface area contributed by atoms with Crippen LogP contribution in [0, 0.1) is 0 Å². The van der Waals surface area contributed by atoms with Crippen LogP contribution in [-0.4, -0.2) is 39.9 Å². The van der Waals surface area contributed by atoms with E-state index in [1.54, 1.807) is 36.2 Å².